The molecule has 1 aliphatic heterocycles. The van der Waals surface area contributed by atoms with Crippen molar-refractivity contribution < 1.29 is 8.42 Å². The van der Waals surface area contributed by atoms with Crippen molar-refractivity contribution in [3.8, 4) is 0 Å². The van der Waals surface area contributed by atoms with Gasteiger partial charge in [-0.2, -0.15) is 19.6 Å². The van der Waals surface area contributed by atoms with Crippen molar-refractivity contribution in [1.82, 2.24) is 24.2 Å². The molecule has 166 valence electrons. The van der Waals surface area contributed by atoms with Gasteiger partial charge in [-0.1, -0.05) is 32.0 Å². The number of benzene rings is 1. The Bertz CT molecular complexity index is 1200. The fourth-order valence-corrected chi connectivity index (χ4v) is 4.56. The van der Waals surface area contributed by atoms with Crippen LogP contribution in [-0.2, 0) is 16.4 Å². The van der Waals surface area contributed by atoms with Gasteiger partial charge in [-0.05, 0) is 31.2 Å². The Hall–Kier alpha value is -2.56. The minimum Gasteiger partial charge on any atom is -0.627 e. The fraction of sp³-hybridized carbons (Fsp3) is 0.476. The number of nitrogens with zero attached hydrogens (tertiary/aromatic N) is 5. The van der Waals surface area contributed by atoms with E-state index in [1.54, 1.807) is 6.20 Å². The summed E-state index contributed by atoms with van der Waals surface area (Å²) in [7, 11) is -3.61. The molecule has 0 atom stereocenters. The Morgan fingerprint density at radius 2 is 1.87 bits per heavy atom. The largest absolute Gasteiger partial charge is 0.627 e. The zero-order valence-corrected chi connectivity index (χ0v) is 18.9. The highest BCUT2D eigenvalue weighted by Gasteiger charge is 2.26. The second kappa shape index (κ2) is 8.18. The van der Waals surface area contributed by atoms with Crippen molar-refractivity contribution in [2.75, 3.05) is 24.7 Å². The number of hydrogen-bond acceptors (Lipinski definition) is 7. The first-order valence-electron chi connectivity index (χ1n) is 10.6. The first-order valence-corrected chi connectivity index (χ1v) is 12.4. The standard InChI is InChI=1S/C21H28N6O3S/c1-15(2)17-14-23-26-19(17)24-21(31(3,29)30)25-20(26)22-13-16-9-5-6-10-18(16)27(28)11-7-4-8-12-27/h5-6,9-10,14-15H,4,7-8,11-13H2,1-3H3,(H,22,24,25). The van der Waals surface area contributed by atoms with Crippen LogP contribution in [-0.4, -0.2) is 47.3 Å². The lowest BCUT2D eigenvalue weighted by molar-refractivity contribution is 0.305. The van der Waals surface area contributed by atoms with Gasteiger partial charge in [0.1, 0.15) is 5.69 Å². The topological polar surface area (TPSA) is 112 Å². The molecule has 0 radical (unpaired) electrons. The van der Waals surface area contributed by atoms with Gasteiger partial charge in [0.2, 0.25) is 15.8 Å². The average Bonchev–Trinajstić information content (AvgIpc) is 3.17. The molecule has 4 rings (SSSR count). The molecule has 0 aliphatic carbocycles. The number of anilines is 1. The summed E-state index contributed by atoms with van der Waals surface area (Å²) in [5.74, 6) is 0.403. The number of hydrogen-bond donors (Lipinski definition) is 1. The third kappa shape index (κ3) is 4.28. The number of para-hydroxylation sites is 1. The summed E-state index contributed by atoms with van der Waals surface area (Å²) < 4.78 is 25.6. The van der Waals surface area contributed by atoms with Gasteiger partial charge in [0.15, 0.2) is 5.65 Å². The molecule has 1 aliphatic rings. The van der Waals surface area contributed by atoms with Crippen molar-refractivity contribution in [1.29, 1.82) is 0 Å². The van der Waals surface area contributed by atoms with Gasteiger partial charge in [0, 0.05) is 23.9 Å². The lowest BCUT2D eigenvalue weighted by atomic mass is 10.1. The molecule has 0 unspecified atom stereocenters. The van der Waals surface area contributed by atoms with Gasteiger partial charge in [0.05, 0.1) is 19.3 Å². The van der Waals surface area contributed by atoms with Crippen molar-refractivity contribution in [2.45, 2.75) is 50.7 Å². The predicted octanol–water partition coefficient (Wildman–Crippen LogP) is 3.25. The number of sulfone groups is 1. The van der Waals surface area contributed by atoms with Gasteiger partial charge < -0.3 is 15.2 Å². The van der Waals surface area contributed by atoms with Crippen LogP contribution >= 0.6 is 0 Å². The van der Waals surface area contributed by atoms with E-state index in [4.69, 9.17) is 0 Å². The van der Waals surface area contributed by atoms with Gasteiger partial charge in [-0.3, -0.25) is 0 Å². The van der Waals surface area contributed by atoms with Crippen molar-refractivity contribution >= 4 is 27.1 Å². The zero-order chi connectivity index (χ0) is 22.2. The number of hydroxylamine groups is 2. The highest BCUT2D eigenvalue weighted by atomic mass is 32.2. The van der Waals surface area contributed by atoms with E-state index in [1.165, 1.54) is 4.52 Å². The molecule has 1 fully saturated rings. The van der Waals surface area contributed by atoms with Crippen LogP contribution in [0.5, 0.6) is 0 Å². The van der Waals surface area contributed by atoms with Crippen molar-refractivity contribution in [3.63, 3.8) is 0 Å². The summed E-state index contributed by atoms with van der Waals surface area (Å²) in [6.45, 7) is 5.47. The first-order chi connectivity index (χ1) is 14.7. The van der Waals surface area contributed by atoms with E-state index >= 15 is 0 Å². The molecule has 0 saturated carbocycles. The number of aromatic nitrogens is 4. The molecule has 0 spiro atoms. The predicted molar refractivity (Wildman–Crippen MR) is 120 cm³/mol. The molecular weight excluding hydrogens is 416 g/mol. The molecular formula is C21H28N6O3S. The van der Waals surface area contributed by atoms with Crippen LogP contribution < -0.4 is 9.96 Å². The quantitative estimate of drug-likeness (QED) is 0.459. The van der Waals surface area contributed by atoms with Crippen LogP contribution in [0.15, 0.2) is 35.6 Å². The average molecular weight is 445 g/mol. The minimum absolute atomic E-state index is 0.123. The molecule has 1 saturated heterocycles. The molecule has 0 bridgehead atoms. The molecule has 10 heteroatoms. The van der Waals surface area contributed by atoms with Gasteiger partial charge in [-0.15, -0.1) is 0 Å². The lowest BCUT2D eigenvalue weighted by Gasteiger charge is -2.45. The Labute approximate surface area is 182 Å². The van der Waals surface area contributed by atoms with Gasteiger partial charge in [-0.25, -0.2) is 8.42 Å². The highest BCUT2D eigenvalue weighted by Crippen LogP contribution is 2.31. The third-order valence-corrected chi connectivity index (χ3v) is 6.58. The summed E-state index contributed by atoms with van der Waals surface area (Å²) >= 11 is 0. The molecule has 9 nitrogen and oxygen atoms in total. The number of nitrogens with one attached hydrogen (secondary N) is 1. The van der Waals surface area contributed by atoms with E-state index in [1.807, 2.05) is 38.1 Å². The Morgan fingerprint density at radius 3 is 2.55 bits per heavy atom. The Morgan fingerprint density at radius 1 is 1.16 bits per heavy atom. The fourth-order valence-electron chi connectivity index (χ4n) is 4.06. The van der Waals surface area contributed by atoms with Crippen molar-refractivity contribution in [3.05, 3.63) is 46.8 Å². The van der Waals surface area contributed by atoms with Crippen LogP contribution in [0.1, 0.15) is 50.2 Å². The van der Waals surface area contributed by atoms with Crippen LogP contribution in [0.3, 0.4) is 0 Å². The van der Waals surface area contributed by atoms with Gasteiger partial charge >= 0.3 is 0 Å². The summed E-state index contributed by atoms with van der Waals surface area (Å²) in [4.78, 5) is 8.48. The summed E-state index contributed by atoms with van der Waals surface area (Å²) in [5.41, 5.74) is 2.91. The van der Waals surface area contributed by atoms with Crippen molar-refractivity contribution in [2.24, 2.45) is 0 Å². The van der Waals surface area contributed by atoms with Crippen LogP contribution in [0.4, 0.5) is 11.6 Å². The maximum Gasteiger partial charge on any atom is 0.252 e. The second-order valence-corrected chi connectivity index (χ2v) is 10.4. The maximum atomic E-state index is 13.4. The Kier molecular flexibility index (Phi) is 5.71. The Balaban J connectivity index is 1.72. The van der Waals surface area contributed by atoms with Crippen LogP contribution in [0.25, 0.3) is 5.65 Å². The van der Waals surface area contributed by atoms with E-state index in [9.17, 15) is 13.6 Å². The third-order valence-electron chi connectivity index (χ3n) is 5.73. The SMILES string of the molecule is CC(C)c1cnn2c(NCc3ccccc3[N+]3([O-])CCCCC3)nc(S(C)(=O)=O)nc12. The molecule has 1 aromatic carbocycles. The number of rotatable bonds is 6. The molecule has 31 heavy (non-hydrogen) atoms. The van der Waals surface area contributed by atoms with E-state index in [-0.39, 0.29) is 21.7 Å². The van der Waals surface area contributed by atoms with Crippen LogP contribution in [0.2, 0.25) is 0 Å². The van der Waals surface area contributed by atoms with Crippen LogP contribution in [0, 0.1) is 5.21 Å². The van der Waals surface area contributed by atoms with E-state index < -0.39 is 9.84 Å². The second-order valence-electron chi connectivity index (χ2n) is 8.47. The summed E-state index contributed by atoms with van der Waals surface area (Å²) in [5, 5.41) is 20.7. The molecule has 0 amide bonds. The smallest absolute Gasteiger partial charge is 0.252 e. The summed E-state index contributed by atoms with van der Waals surface area (Å²) in [6, 6.07) is 7.60. The van der Waals surface area contributed by atoms with E-state index in [0.29, 0.717) is 25.3 Å². The lowest BCUT2D eigenvalue weighted by Crippen LogP contribution is -2.47. The summed E-state index contributed by atoms with van der Waals surface area (Å²) in [6.07, 6.45) is 5.70. The normalized spacial score (nSPS) is 16.7. The maximum absolute atomic E-state index is 13.4. The molecule has 3 aromatic rings. The van der Waals surface area contributed by atoms with E-state index in [0.717, 1.165) is 42.3 Å². The van der Waals surface area contributed by atoms with Gasteiger partial charge in [0.25, 0.3) is 5.16 Å². The minimum atomic E-state index is -3.61. The van der Waals surface area contributed by atoms with E-state index in [2.05, 4.69) is 20.4 Å². The number of piperidine rings is 1. The number of fused-ring (bicyclic) bond motifs is 1. The number of quaternary nitrogens is 1. The highest BCUT2D eigenvalue weighted by molar-refractivity contribution is 7.90. The zero-order valence-electron chi connectivity index (χ0n) is 18.1. The molecule has 2 aromatic heterocycles. The molecule has 3 heterocycles. The molecule has 1 N–H and O–H groups in total. The first kappa shape index (κ1) is 21.7. The monoisotopic (exact) mass is 444 g/mol.